The lowest BCUT2D eigenvalue weighted by Crippen LogP contribution is -2.05. The predicted octanol–water partition coefficient (Wildman–Crippen LogP) is 3.86. The molecule has 3 rings (SSSR count). The molecule has 0 saturated heterocycles. The van der Waals surface area contributed by atoms with Crippen molar-refractivity contribution in [2.75, 3.05) is 6.61 Å². The Labute approximate surface area is 129 Å². The molecule has 0 saturated carbocycles. The highest BCUT2D eigenvalue weighted by atomic mass is 32.1. The molecule has 2 atom stereocenters. The molecule has 0 amide bonds. The third-order valence-corrected chi connectivity index (χ3v) is 4.71. The van der Waals surface area contributed by atoms with Crippen LogP contribution in [-0.4, -0.2) is 17.8 Å². The van der Waals surface area contributed by atoms with Crippen molar-refractivity contribution in [3.05, 3.63) is 45.1 Å². The van der Waals surface area contributed by atoms with Crippen molar-refractivity contribution < 1.29 is 14.6 Å². The first-order valence-corrected chi connectivity index (χ1v) is 8.10. The molecule has 112 valence electrons. The SMILES string of the molecule is CCOc1cc2c(cc1C(O)c1ccc(C)s1)OC(C)C2. The van der Waals surface area contributed by atoms with E-state index in [-0.39, 0.29) is 6.10 Å². The second kappa shape index (κ2) is 5.70. The topological polar surface area (TPSA) is 38.7 Å². The molecule has 0 spiro atoms. The second-order valence-corrected chi connectivity index (χ2v) is 6.73. The Morgan fingerprint density at radius 1 is 1.43 bits per heavy atom. The van der Waals surface area contributed by atoms with E-state index in [1.807, 2.05) is 38.1 Å². The van der Waals surface area contributed by atoms with Gasteiger partial charge in [0.1, 0.15) is 23.7 Å². The first-order chi connectivity index (χ1) is 10.1. The Balaban J connectivity index is 2.02. The zero-order valence-electron chi connectivity index (χ0n) is 12.6. The van der Waals surface area contributed by atoms with Gasteiger partial charge in [0.2, 0.25) is 0 Å². The van der Waals surface area contributed by atoms with Crippen molar-refractivity contribution in [2.45, 2.75) is 39.4 Å². The number of benzene rings is 1. The molecule has 1 aromatic heterocycles. The molecule has 2 unspecified atom stereocenters. The molecule has 0 fully saturated rings. The first-order valence-electron chi connectivity index (χ1n) is 7.29. The molecule has 3 nitrogen and oxygen atoms in total. The molecule has 2 aromatic rings. The van der Waals surface area contributed by atoms with Gasteiger partial charge in [0.15, 0.2) is 0 Å². The fourth-order valence-corrected chi connectivity index (χ4v) is 3.59. The van der Waals surface area contributed by atoms with Crippen molar-refractivity contribution in [1.82, 2.24) is 0 Å². The Kier molecular flexibility index (Phi) is 3.91. The van der Waals surface area contributed by atoms with E-state index < -0.39 is 6.10 Å². The largest absolute Gasteiger partial charge is 0.493 e. The highest BCUT2D eigenvalue weighted by molar-refractivity contribution is 7.12. The number of aryl methyl sites for hydroxylation is 1. The van der Waals surface area contributed by atoms with Crippen LogP contribution >= 0.6 is 11.3 Å². The smallest absolute Gasteiger partial charge is 0.126 e. The van der Waals surface area contributed by atoms with Crippen LogP contribution < -0.4 is 9.47 Å². The molecular formula is C17H20O3S. The minimum Gasteiger partial charge on any atom is -0.493 e. The molecular weight excluding hydrogens is 284 g/mol. The van der Waals surface area contributed by atoms with Gasteiger partial charge in [0.25, 0.3) is 0 Å². The van der Waals surface area contributed by atoms with E-state index in [1.165, 1.54) is 4.88 Å². The molecule has 0 radical (unpaired) electrons. The van der Waals surface area contributed by atoms with Gasteiger partial charge < -0.3 is 14.6 Å². The van der Waals surface area contributed by atoms with E-state index in [1.54, 1.807) is 11.3 Å². The van der Waals surface area contributed by atoms with Gasteiger partial charge in [-0.15, -0.1) is 11.3 Å². The van der Waals surface area contributed by atoms with Crippen LogP contribution in [-0.2, 0) is 6.42 Å². The number of fused-ring (bicyclic) bond motifs is 1. The Hall–Kier alpha value is -1.52. The van der Waals surface area contributed by atoms with Gasteiger partial charge in [0, 0.05) is 27.3 Å². The minimum atomic E-state index is -0.671. The molecule has 1 aromatic carbocycles. The molecule has 0 aliphatic carbocycles. The highest BCUT2D eigenvalue weighted by Gasteiger charge is 2.25. The zero-order valence-corrected chi connectivity index (χ0v) is 13.4. The van der Waals surface area contributed by atoms with Crippen LogP contribution in [0.2, 0.25) is 0 Å². The molecule has 2 heterocycles. The van der Waals surface area contributed by atoms with Gasteiger partial charge in [-0.1, -0.05) is 0 Å². The monoisotopic (exact) mass is 304 g/mol. The summed E-state index contributed by atoms with van der Waals surface area (Å²) in [4.78, 5) is 2.12. The summed E-state index contributed by atoms with van der Waals surface area (Å²) in [6.45, 7) is 6.63. The average Bonchev–Trinajstić information content (AvgIpc) is 3.02. The molecule has 21 heavy (non-hydrogen) atoms. The van der Waals surface area contributed by atoms with E-state index in [0.29, 0.717) is 6.61 Å². The maximum Gasteiger partial charge on any atom is 0.126 e. The lowest BCUT2D eigenvalue weighted by Gasteiger charge is -2.16. The third-order valence-electron chi connectivity index (χ3n) is 3.65. The number of ether oxygens (including phenoxy) is 2. The molecule has 0 bridgehead atoms. The van der Waals surface area contributed by atoms with E-state index in [2.05, 4.69) is 6.92 Å². The maximum absolute atomic E-state index is 10.7. The van der Waals surface area contributed by atoms with Crippen LogP contribution in [0.25, 0.3) is 0 Å². The van der Waals surface area contributed by atoms with Gasteiger partial charge in [-0.2, -0.15) is 0 Å². The third kappa shape index (κ3) is 2.78. The fraction of sp³-hybridized carbons (Fsp3) is 0.412. The quantitative estimate of drug-likeness (QED) is 0.932. The van der Waals surface area contributed by atoms with Gasteiger partial charge >= 0.3 is 0 Å². The lowest BCUT2D eigenvalue weighted by molar-refractivity contribution is 0.213. The summed E-state index contributed by atoms with van der Waals surface area (Å²) in [6.07, 6.45) is 0.407. The fourth-order valence-electron chi connectivity index (χ4n) is 2.70. The summed E-state index contributed by atoms with van der Waals surface area (Å²) < 4.78 is 11.5. The Bertz CT molecular complexity index is 647. The van der Waals surface area contributed by atoms with Crippen molar-refractivity contribution in [3.8, 4) is 11.5 Å². The summed E-state index contributed by atoms with van der Waals surface area (Å²) in [6, 6.07) is 7.94. The number of thiophene rings is 1. The van der Waals surface area contributed by atoms with Crippen LogP contribution in [0.3, 0.4) is 0 Å². The molecule has 1 aliphatic rings. The normalized spacial score (nSPS) is 18.2. The van der Waals surface area contributed by atoms with Crippen molar-refractivity contribution in [1.29, 1.82) is 0 Å². The second-order valence-electron chi connectivity index (χ2n) is 5.41. The number of aliphatic hydroxyl groups excluding tert-OH is 1. The predicted molar refractivity (Wildman–Crippen MR) is 84.5 cm³/mol. The molecule has 1 aliphatic heterocycles. The van der Waals surface area contributed by atoms with Crippen LogP contribution in [0.4, 0.5) is 0 Å². The summed E-state index contributed by atoms with van der Waals surface area (Å²) in [7, 11) is 0. The van der Waals surface area contributed by atoms with Gasteiger partial charge in [0.05, 0.1) is 6.61 Å². The zero-order chi connectivity index (χ0) is 15.0. The van der Waals surface area contributed by atoms with Crippen molar-refractivity contribution >= 4 is 11.3 Å². The first kappa shape index (κ1) is 14.4. The van der Waals surface area contributed by atoms with E-state index in [4.69, 9.17) is 9.47 Å². The standard InChI is InChI=1S/C17H20O3S/c1-4-19-15-8-12-7-10(2)20-14(12)9-13(15)17(18)16-6-5-11(3)21-16/h5-6,8-10,17-18H,4,7H2,1-3H3. The van der Waals surface area contributed by atoms with E-state index in [9.17, 15) is 5.11 Å². The van der Waals surface area contributed by atoms with Crippen LogP contribution in [0.1, 0.15) is 40.8 Å². The van der Waals surface area contributed by atoms with E-state index in [0.717, 1.165) is 33.9 Å². The number of hydrogen-bond acceptors (Lipinski definition) is 4. The summed E-state index contributed by atoms with van der Waals surface area (Å²) in [5.41, 5.74) is 1.94. The molecule has 4 heteroatoms. The molecule has 1 N–H and O–H groups in total. The van der Waals surface area contributed by atoms with Gasteiger partial charge in [-0.3, -0.25) is 0 Å². The van der Waals surface area contributed by atoms with Gasteiger partial charge in [-0.05, 0) is 45.0 Å². The maximum atomic E-state index is 10.7. The lowest BCUT2D eigenvalue weighted by atomic mass is 10.0. The number of hydrogen-bond donors (Lipinski definition) is 1. The summed E-state index contributed by atoms with van der Waals surface area (Å²) in [5, 5.41) is 10.7. The average molecular weight is 304 g/mol. The Morgan fingerprint density at radius 3 is 2.90 bits per heavy atom. The van der Waals surface area contributed by atoms with Crippen LogP contribution in [0, 0.1) is 6.92 Å². The number of aliphatic hydroxyl groups is 1. The Morgan fingerprint density at radius 2 is 2.24 bits per heavy atom. The highest BCUT2D eigenvalue weighted by Crippen LogP contribution is 2.40. The van der Waals surface area contributed by atoms with E-state index >= 15 is 0 Å². The van der Waals surface area contributed by atoms with Crippen molar-refractivity contribution in [2.24, 2.45) is 0 Å². The minimum absolute atomic E-state index is 0.186. The van der Waals surface area contributed by atoms with Crippen LogP contribution in [0.15, 0.2) is 24.3 Å². The number of rotatable bonds is 4. The van der Waals surface area contributed by atoms with Crippen LogP contribution in [0.5, 0.6) is 11.5 Å². The summed E-state index contributed by atoms with van der Waals surface area (Å²) >= 11 is 1.60. The van der Waals surface area contributed by atoms with Gasteiger partial charge in [-0.25, -0.2) is 0 Å². The van der Waals surface area contributed by atoms with Crippen molar-refractivity contribution in [3.63, 3.8) is 0 Å². The summed E-state index contributed by atoms with van der Waals surface area (Å²) in [5.74, 6) is 1.63.